The van der Waals surface area contributed by atoms with Gasteiger partial charge in [0.2, 0.25) is 0 Å². The van der Waals surface area contributed by atoms with Crippen LogP contribution in [-0.2, 0) is 12.0 Å². The molecular formula is C17H19Br2N. The van der Waals surface area contributed by atoms with E-state index in [4.69, 9.17) is 0 Å². The minimum absolute atomic E-state index is 0.203. The van der Waals surface area contributed by atoms with Gasteiger partial charge in [-0.15, -0.1) is 0 Å². The van der Waals surface area contributed by atoms with Gasteiger partial charge in [-0.1, -0.05) is 39.0 Å². The lowest BCUT2D eigenvalue weighted by Gasteiger charge is -2.19. The summed E-state index contributed by atoms with van der Waals surface area (Å²) in [7, 11) is 0. The third-order valence-electron chi connectivity index (χ3n) is 3.23. The number of rotatable bonds is 3. The lowest BCUT2D eigenvalue weighted by atomic mass is 9.87. The Morgan fingerprint density at radius 1 is 0.900 bits per heavy atom. The predicted octanol–water partition coefficient (Wildman–Crippen LogP) is 6.12. The molecular weight excluding hydrogens is 378 g/mol. The fourth-order valence-electron chi connectivity index (χ4n) is 1.94. The number of hydrogen-bond donors (Lipinski definition) is 1. The van der Waals surface area contributed by atoms with Crippen molar-refractivity contribution in [3.63, 3.8) is 0 Å². The van der Waals surface area contributed by atoms with Crippen molar-refractivity contribution in [3.8, 4) is 0 Å². The van der Waals surface area contributed by atoms with Crippen LogP contribution in [0, 0.1) is 0 Å². The largest absolute Gasteiger partial charge is 0.381 e. The Morgan fingerprint density at radius 3 is 2.10 bits per heavy atom. The van der Waals surface area contributed by atoms with E-state index in [-0.39, 0.29) is 5.41 Å². The summed E-state index contributed by atoms with van der Waals surface area (Å²) in [6.07, 6.45) is 0. The van der Waals surface area contributed by atoms with Crippen molar-refractivity contribution in [1.29, 1.82) is 0 Å². The maximum atomic E-state index is 3.53. The van der Waals surface area contributed by atoms with Crippen LogP contribution >= 0.6 is 31.9 Å². The van der Waals surface area contributed by atoms with Crippen molar-refractivity contribution < 1.29 is 0 Å². The second-order valence-electron chi connectivity index (χ2n) is 5.93. The zero-order valence-electron chi connectivity index (χ0n) is 12.0. The van der Waals surface area contributed by atoms with Gasteiger partial charge in [0.1, 0.15) is 0 Å². The highest BCUT2D eigenvalue weighted by atomic mass is 79.9. The highest BCUT2D eigenvalue weighted by Gasteiger charge is 2.12. The van der Waals surface area contributed by atoms with E-state index in [0.717, 1.165) is 21.2 Å². The van der Waals surface area contributed by atoms with Crippen LogP contribution in [0.5, 0.6) is 0 Å². The molecule has 0 saturated heterocycles. The number of anilines is 1. The SMILES string of the molecule is CC(C)(C)c1ccc(NCc2ccc(Br)c(Br)c2)cc1. The first-order valence-electron chi connectivity index (χ1n) is 6.64. The van der Waals surface area contributed by atoms with Crippen LogP contribution in [0.1, 0.15) is 31.9 Å². The van der Waals surface area contributed by atoms with Crippen LogP contribution in [-0.4, -0.2) is 0 Å². The molecule has 0 fully saturated rings. The molecule has 2 rings (SSSR count). The molecule has 20 heavy (non-hydrogen) atoms. The highest BCUT2D eigenvalue weighted by Crippen LogP contribution is 2.25. The Bertz CT molecular complexity index is 583. The topological polar surface area (TPSA) is 12.0 Å². The third-order valence-corrected chi connectivity index (χ3v) is 5.11. The first-order chi connectivity index (χ1) is 9.36. The molecule has 0 aromatic heterocycles. The average molecular weight is 397 g/mol. The normalized spacial score (nSPS) is 11.4. The fourth-order valence-corrected chi connectivity index (χ4v) is 2.61. The number of hydrogen-bond acceptors (Lipinski definition) is 1. The fraction of sp³-hybridized carbons (Fsp3) is 0.294. The van der Waals surface area contributed by atoms with Crippen LogP contribution in [0.4, 0.5) is 5.69 Å². The summed E-state index contributed by atoms with van der Waals surface area (Å²) in [5, 5.41) is 3.45. The summed E-state index contributed by atoms with van der Waals surface area (Å²) in [4.78, 5) is 0. The Kier molecular flexibility index (Phi) is 4.92. The minimum Gasteiger partial charge on any atom is -0.381 e. The van der Waals surface area contributed by atoms with Gasteiger partial charge in [0.05, 0.1) is 0 Å². The van der Waals surface area contributed by atoms with E-state index in [1.165, 1.54) is 11.1 Å². The molecule has 2 aromatic rings. The minimum atomic E-state index is 0.203. The first kappa shape index (κ1) is 15.6. The lowest BCUT2D eigenvalue weighted by Crippen LogP contribution is -2.10. The van der Waals surface area contributed by atoms with Gasteiger partial charge in [-0.3, -0.25) is 0 Å². The van der Waals surface area contributed by atoms with Gasteiger partial charge in [0, 0.05) is 21.2 Å². The molecule has 1 N–H and O–H groups in total. The first-order valence-corrected chi connectivity index (χ1v) is 8.23. The van der Waals surface area contributed by atoms with Gasteiger partial charge < -0.3 is 5.32 Å². The van der Waals surface area contributed by atoms with Crippen molar-refractivity contribution in [2.45, 2.75) is 32.7 Å². The molecule has 0 unspecified atom stereocenters. The van der Waals surface area contributed by atoms with Crippen LogP contribution in [0.2, 0.25) is 0 Å². The molecule has 0 spiro atoms. The molecule has 0 radical (unpaired) electrons. The maximum absolute atomic E-state index is 3.53. The molecule has 0 bridgehead atoms. The summed E-state index contributed by atoms with van der Waals surface area (Å²) in [5.74, 6) is 0. The maximum Gasteiger partial charge on any atom is 0.0401 e. The van der Waals surface area contributed by atoms with Gasteiger partial charge in [-0.2, -0.15) is 0 Å². The van der Waals surface area contributed by atoms with Crippen LogP contribution < -0.4 is 5.32 Å². The van der Waals surface area contributed by atoms with Gasteiger partial charge >= 0.3 is 0 Å². The standard InChI is InChI=1S/C17H19Br2N/c1-17(2,3)13-5-7-14(8-6-13)20-11-12-4-9-15(18)16(19)10-12/h4-10,20H,11H2,1-3H3. The molecule has 0 saturated carbocycles. The zero-order valence-corrected chi connectivity index (χ0v) is 15.2. The summed E-state index contributed by atoms with van der Waals surface area (Å²) < 4.78 is 2.16. The molecule has 3 heteroatoms. The van der Waals surface area contributed by atoms with Gasteiger partial charge in [-0.25, -0.2) is 0 Å². The van der Waals surface area contributed by atoms with E-state index in [1.54, 1.807) is 0 Å². The van der Waals surface area contributed by atoms with Gasteiger partial charge in [0.25, 0.3) is 0 Å². The van der Waals surface area contributed by atoms with Crippen LogP contribution in [0.15, 0.2) is 51.4 Å². The number of benzene rings is 2. The van der Waals surface area contributed by atoms with E-state index in [9.17, 15) is 0 Å². The molecule has 106 valence electrons. The van der Waals surface area contributed by atoms with Crippen molar-refractivity contribution in [1.82, 2.24) is 0 Å². The Morgan fingerprint density at radius 2 is 1.55 bits per heavy atom. The molecule has 0 atom stereocenters. The Hall–Kier alpha value is -0.800. The van der Waals surface area contributed by atoms with E-state index < -0.39 is 0 Å². The van der Waals surface area contributed by atoms with Crippen LogP contribution in [0.25, 0.3) is 0 Å². The summed E-state index contributed by atoms with van der Waals surface area (Å²) >= 11 is 7.01. The molecule has 0 amide bonds. The highest BCUT2D eigenvalue weighted by molar-refractivity contribution is 9.13. The van der Waals surface area contributed by atoms with Crippen LogP contribution in [0.3, 0.4) is 0 Å². The summed E-state index contributed by atoms with van der Waals surface area (Å²) in [6.45, 7) is 7.51. The average Bonchev–Trinajstić information content (AvgIpc) is 2.40. The van der Waals surface area contributed by atoms with E-state index >= 15 is 0 Å². The van der Waals surface area contributed by atoms with Gasteiger partial charge in [0.15, 0.2) is 0 Å². The van der Waals surface area contributed by atoms with Crippen molar-refractivity contribution in [3.05, 3.63) is 62.5 Å². The smallest absolute Gasteiger partial charge is 0.0401 e. The lowest BCUT2D eigenvalue weighted by molar-refractivity contribution is 0.590. The molecule has 0 aliphatic heterocycles. The van der Waals surface area contributed by atoms with Crippen molar-refractivity contribution in [2.24, 2.45) is 0 Å². The monoisotopic (exact) mass is 395 g/mol. The summed E-state index contributed by atoms with van der Waals surface area (Å²) in [6, 6.07) is 15.0. The second kappa shape index (κ2) is 6.31. The zero-order chi connectivity index (χ0) is 14.8. The van der Waals surface area contributed by atoms with E-state index in [2.05, 4.69) is 100 Å². The van der Waals surface area contributed by atoms with Crippen molar-refractivity contribution >= 4 is 37.5 Å². The molecule has 2 aromatic carbocycles. The number of halogens is 2. The molecule has 0 aliphatic rings. The van der Waals surface area contributed by atoms with Crippen molar-refractivity contribution in [2.75, 3.05) is 5.32 Å². The van der Waals surface area contributed by atoms with E-state index in [0.29, 0.717) is 0 Å². The number of nitrogens with one attached hydrogen (secondary N) is 1. The van der Waals surface area contributed by atoms with E-state index in [1.807, 2.05) is 0 Å². The third kappa shape index (κ3) is 4.10. The Labute approximate surface area is 138 Å². The predicted molar refractivity (Wildman–Crippen MR) is 94.3 cm³/mol. The molecule has 0 heterocycles. The quantitative estimate of drug-likeness (QED) is 0.658. The Balaban J connectivity index is 2.02. The summed E-state index contributed by atoms with van der Waals surface area (Å²) in [5.41, 5.74) is 3.96. The molecule has 0 aliphatic carbocycles. The molecule has 1 nitrogen and oxygen atoms in total. The second-order valence-corrected chi connectivity index (χ2v) is 7.64. The van der Waals surface area contributed by atoms with Gasteiger partial charge in [-0.05, 0) is 72.7 Å².